The lowest BCUT2D eigenvalue weighted by Gasteiger charge is -2.28. The van der Waals surface area contributed by atoms with E-state index in [-0.39, 0.29) is 18.7 Å². The van der Waals surface area contributed by atoms with Crippen molar-refractivity contribution in [3.05, 3.63) is 29.8 Å². The van der Waals surface area contributed by atoms with Crippen LogP contribution in [0.2, 0.25) is 0 Å². The monoisotopic (exact) mass is 464 g/mol. The van der Waals surface area contributed by atoms with Gasteiger partial charge in [0.05, 0.1) is 12.5 Å². The minimum atomic E-state index is -1.35. The van der Waals surface area contributed by atoms with Gasteiger partial charge in [0, 0.05) is 13.0 Å². The number of amides is 3. The molecule has 1 aromatic carbocycles. The van der Waals surface area contributed by atoms with Gasteiger partial charge in [0.2, 0.25) is 17.7 Å². The van der Waals surface area contributed by atoms with Crippen LogP contribution in [0.5, 0.6) is 5.75 Å². The van der Waals surface area contributed by atoms with Gasteiger partial charge in [-0.25, -0.2) is 4.79 Å². The fourth-order valence-electron chi connectivity index (χ4n) is 3.52. The second-order valence-electron chi connectivity index (χ2n) is 7.89. The number of aliphatic carboxylic acids is 2. The highest BCUT2D eigenvalue weighted by Gasteiger charge is 2.38. The van der Waals surface area contributed by atoms with Crippen LogP contribution in [-0.2, 0) is 30.4 Å². The summed E-state index contributed by atoms with van der Waals surface area (Å²) in [7, 11) is 0. The lowest BCUT2D eigenvalue weighted by molar-refractivity contribution is -0.149. The van der Waals surface area contributed by atoms with E-state index in [0.717, 1.165) is 0 Å². The number of nitrogens with one attached hydrogen (secondary N) is 2. The molecule has 180 valence electrons. The Balaban J connectivity index is 2.15. The first kappa shape index (κ1) is 25.6. The Hall–Kier alpha value is -3.67. The number of carbonyl (C=O) groups is 5. The summed E-state index contributed by atoms with van der Waals surface area (Å²) >= 11 is 0. The molecule has 4 unspecified atom stereocenters. The van der Waals surface area contributed by atoms with Crippen molar-refractivity contribution in [2.45, 2.75) is 56.8 Å². The molecule has 4 atom stereocenters. The first-order valence-electron chi connectivity index (χ1n) is 10.4. The van der Waals surface area contributed by atoms with Gasteiger partial charge >= 0.3 is 11.9 Å². The van der Waals surface area contributed by atoms with Gasteiger partial charge in [-0.2, -0.15) is 0 Å². The Labute approximate surface area is 189 Å². The summed E-state index contributed by atoms with van der Waals surface area (Å²) in [5, 5.41) is 32.5. The second-order valence-corrected chi connectivity index (χ2v) is 7.89. The van der Waals surface area contributed by atoms with Crippen molar-refractivity contribution in [2.75, 3.05) is 6.54 Å². The Morgan fingerprint density at radius 1 is 1.09 bits per heavy atom. The van der Waals surface area contributed by atoms with Crippen molar-refractivity contribution < 1.29 is 39.3 Å². The summed E-state index contributed by atoms with van der Waals surface area (Å²) in [6.45, 7) is 1.58. The predicted octanol–water partition coefficient (Wildman–Crippen LogP) is -1.20. The average molecular weight is 464 g/mol. The first-order chi connectivity index (χ1) is 15.5. The summed E-state index contributed by atoms with van der Waals surface area (Å²) in [6, 6.07) is 1.35. The number of carboxylic acid groups (broad SMARTS) is 2. The summed E-state index contributed by atoms with van der Waals surface area (Å²) in [5.74, 6) is -4.54. The van der Waals surface area contributed by atoms with Crippen LogP contribution in [0.25, 0.3) is 0 Å². The standard InChI is InChI=1S/C21H28N4O8/c1-11(23-19(30)14(22)10-17(27)28)18(29)24-15(9-12-4-6-13(26)7-5-12)20(31)25-8-2-3-16(25)21(32)33/h4-7,11,14-16,26H,2-3,8-10,22H2,1H3,(H,23,30)(H,24,29)(H,27,28)(H,32,33). The van der Waals surface area contributed by atoms with Crippen LogP contribution in [0, 0.1) is 0 Å². The third kappa shape index (κ3) is 7.17. The van der Waals surface area contributed by atoms with Gasteiger partial charge < -0.3 is 36.6 Å². The van der Waals surface area contributed by atoms with Crippen molar-refractivity contribution in [3.63, 3.8) is 0 Å². The number of rotatable bonds is 10. The number of phenols is 1. The van der Waals surface area contributed by atoms with Gasteiger partial charge in [0.1, 0.15) is 23.9 Å². The molecule has 0 spiro atoms. The number of benzene rings is 1. The van der Waals surface area contributed by atoms with Crippen LogP contribution in [0.1, 0.15) is 31.7 Å². The number of hydrogen-bond donors (Lipinski definition) is 6. The zero-order chi connectivity index (χ0) is 24.7. The molecule has 1 aliphatic heterocycles. The maximum absolute atomic E-state index is 13.2. The number of carbonyl (C=O) groups excluding carboxylic acids is 3. The van der Waals surface area contributed by atoms with Crippen LogP contribution >= 0.6 is 0 Å². The fraction of sp³-hybridized carbons (Fsp3) is 0.476. The largest absolute Gasteiger partial charge is 0.508 e. The van der Waals surface area contributed by atoms with E-state index in [1.165, 1.54) is 24.0 Å². The van der Waals surface area contributed by atoms with E-state index in [2.05, 4.69) is 10.6 Å². The number of aromatic hydroxyl groups is 1. The second kappa shape index (κ2) is 11.3. The minimum Gasteiger partial charge on any atom is -0.508 e. The minimum absolute atomic E-state index is 0.0187. The molecule has 3 amide bonds. The molecule has 1 aliphatic rings. The van der Waals surface area contributed by atoms with Crippen molar-refractivity contribution in [3.8, 4) is 5.75 Å². The molecule has 0 bridgehead atoms. The molecule has 12 heteroatoms. The Bertz CT molecular complexity index is 904. The normalized spacial score (nSPS) is 18.1. The van der Waals surface area contributed by atoms with E-state index < -0.39 is 60.2 Å². The van der Waals surface area contributed by atoms with Gasteiger partial charge in [-0.3, -0.25) is 19.2 Å². The van der Waals surface area contributed by atoms with Crippen molar-refractivity contribution in [1.82, 2.24) is 15.5 Å². The topological polar surface area (TPSA) is 199 Å². The number of hydrogen-bond acceptors (Lipinski definition) is 7. The van der Waals surface area contributed by atoms with Crippen LogP contribution in [0.3, 0.4) is 0 Å². The number of likely N-dealkylation sites (tertiary alicyclic amines) is 1. The Morgan fingerprint density at radius 3 is 2.30 bits per heavy atom. The number of nitrogens with two attached hydrogens (primary N) is 1. The molecule has 12 nitrogen and oxygen atoms in total. The smallest absolute Gasteiger partial charge is 0.326 e. The molecule has 0 aliphatic carbocycles. The highest BCUT2D eigenvalue weighted by atomic mass is 16.4. The van der Waals surface area contributed by atoms with Crippen LogP contribution in [0.15, 0.2) is 24.3 Å². The molecular formula is C21H28N4O8. The van der Waals surface area contributed by atoms with E-state index in [0.29, 0.717) is 18.4 Å². The lowest BCUT2D eigenvalue weighted by atomic mass is 10.0. The summed E-state index contributed by atoms with van der Waals surface area (Å²) < 4.78 is 0. The quantitative estimate of drug-likeness (QED) is 0.246. The van der Waals surface area contributed by atoms with E-state index in [9.17, 15) is 34.2 Å². The summed E-state index contributed by atoms with van der Waals surface area (Å²) in [6.07, 6.45) is 0.214. The highest BCUT2D eigenvalue weighted by Crippen LogP contribution is 2.20. The number of nitrogens with zero attached hydrogens (tertiary/aromatic N) is 1. The molecule has 1 aromatic rings. The molecule has 0 radical (unpaired) electrons. The van der Waals surface area contributed by atoms with E-state index in [1.54, 1.807) is 12.1 Å². The fourth-order valence-corrected chi connectivity index (χ4v) is 3.52. The maximum Gasteiger partial charge on any atom is 0.326 e. The van der Waals surface area contributed by atoms with Gasteiger partial charge in [-0.15, -0.1) is 0 Å². The van der Waals surface area contributed by atoms with Gasteiger partial charge in [0.25, 0.3) is 0 Å². The molecule has 1 heterocycles. The van der Waals surface area contributed by atoms with Crippen LogP contribution in [0.4, 0.5) is 0 Å². The van der Waals surface area contributed by atoms with Crippen LogP contribution < -0.4 is 16.4 Å². The van der Waals surface area contributed by atoms with Crippen molar-refractivity contribution >= 4 is 29.7 Å². The first-order valence-corrected chi connectivity index (χ1v) is 10.4. The molecule has 7 N–H and O–H groups in total. The Kier molecular flexibility index (Phi) is 8.74. The van der Waals surface area contributed by atoms with Crippen molar-refractivity contribution in [2.24, 2.45) is 5.73 Å². The third-order valence-electron chi connectivity index (χ3n) is 5.30. The van der Waals surface area contributed by atoms with Gasteiger partial charge in [-0.1, -0.05) is 12.1 Å². The molecule has 0 saturated carbocycles. The molecule has 0 aromatic heterocycles. The SMILES string of the molecule is CC(NC(=O)C(N)CC(=O)O)C(=O)NC(Cc1ccc(O)cc1)C(=O)N1CCCC1C(=O)O. The van der Waals surface area contributed by atoms with E-state index in [1.807, 2.05) is 0 Å². The zero-order valence-electron chi connectivity index (χ0n) is 18.1. The van der Waals surface area contributed by atoms with Gasteiger partial charge in [0.15, 0.2) is 0 Å². The summed E-state index contributed by atoms with van der Waals surface area (Å²) in [5.41, 5.74) is 6.10. The predicted molar refractivity (Wildman–Crippen MR) is 114 cm³/mol. The average Bonchev–Trinajstić information content (AvgIpc) is 3.23. The van der Waals surface area contributed by atoms with E-state index >= 15 is 0 Å². The van der Waals surface area contributed by atoms with Crippen molar-refractivity contribution in [1.29, 1.82) is 0 Å². The maximum atomic E-state index is 13.2. The molecule has 2 rings (SSSR count). The van der Waals surface area contributed by atoms with Gasteiger partial charge in [-0.05, 0) is 37.5 Å². The van der Waals surface area contributed by atoms with E-state index in [4.69, 9.17) is 10.8 Å². The molecular weight excluding hydrogens is 436 g/mol. The highest BCUT2D eigenvalue weighted by molar-refractivity contribution is 5.94. The summed E-state index contributed by atoms with van der Waals surface area (Å²) in [4.78, 5) is 61.3. The zero-order valence-corrected chi connectivity index (χ0v) is 18.1. The lowest BCUT2D eigenvalue weighted by Crippen LogP contribution is -2.57. The molecule has 1 fully saturated rings. The molecule has 33 heavy (non-hydrogen) atoms. The third-order valence-corrected chi connectivity index (χ3v) is 5.30. The number of carboxylic acids is 2. The Morgan fingerprint density at radius 2 is 1.73 bits per heavy atom. The number of phenolic OH excluding ortho intramolecular Hbond substituents is 1. The molecule has 1 saturated heterocycles. The van der Waals surface area contributed by atoms with Crippen LogP contribution in [-0.4, -0.2) is 80.6 Å².